The summed E-state index contributed by atoms with van der Waals surface area (Å²) in [4.78, 5) is 4.10. The van der Waals surface area contributed by atoms with E-state index < -0.39 is 0 Å². The van der Waals surface area contributed by atoms with Gasteiger partial charge in [0, 0.05) is 10.9 Å². The molecular formula is C10H7ClFNS. The van der Waals surface area contributed by atoms with Gasteiger partial charge < -0.3 is 0 Å². The van der Waals surface area contributed by atoms with Crippen LogP contribution in [-0.4, -0.2) is 4.98 Å². The Morgan fingerprint density at radius 3 is 2.86 bits per heavy atom. The maximum atomic E-state index is 13.0. The van der Waals surface area contributed by atoms with Crippen molar-refractivity contribution in [2.75, 3.05) is 0 Å². The second-order valence-corrected chi connectivity index (χ2v) is 4.18. The lowest BCUT2D eigenvalue weighted by Gasteiger charge is -2.01. The number of hydrogen-bond donors (Lipinski definition) is 0. The normalized spacial score (nSPS) is 10.5. The summed E-state index contributed by atoms with van der Waals surface area (Å²) in [6, 6.07) is 4.65. The van der Waals surface area contributed by atoms with Gasteiger partial charge >= 0.3 is 0 Å². The maximum Gasteiger partial charge on any atom is 0.140 e. The molecule has 0 atom stereocenters. The maximum absolute atomic E-state index is 13.0. The van der Waals surface area contributed by atoms with E-state index in [9.17, 15) is 4.39 Å². The van der Waals surface area contributed by atoms with Crippen LogP contribution in [0.25, 0.3) is 10.6 Å². The average Bonchev–Trinajstić information content (AvgIpc) is 2.56. The van der Waals surface area contributed by atoms with Crippen molar-refractivity contribution in [3.05, 3.63) is 40.1 Å². The van der Waals surface area contributed by atoms with E-state index in [0.717, 1.165) is 16.1 Å². The van der Waals surface area contributed by atoms with Gasteiger partial charge in [-0.3, -0.25) is 0 Å². The summed E-state index contributed by atoms with van der Waals surface area (Å²) < 4.78 is 13.0. The van der Waals surface area contributed by atoms with Gasteiger partial charge in [0.1, 0.15) is 16.0 Å². The lowest BCUT2D eigenvalue weighted by Crippen LogP contribution is -1.84. The zero-order valence-electron chi connectivity index (χ0n) is 7.42. The molecule has 0 radical (unpaired) electrons. The van der Waals surface area contributed by atoms with Gasteiger partial charge in [-0.25, -0.2) is 9.37 Å². The lowest BCUT2D eigenvalue weighted by molar-refractivity contribution is 0.628. The fraction of sp³-hybridized carbons (Fsp3) is 0.100. The Labute approximate surface area is 90.2 Å². The molecule has 0 aliphatic rings. The quantitative estimate of drug-likeness (QED) is 0.720. The van der Waals surface area contributed by atoms with Crippen molar-refractivity contribution in [2.24, 2.45) is 0 Å². The predicted octanol–water partition coefficient (Wildman–Crippen LogP) is 3.91. The van der Waals surface area contributed by atoms with Gasteiger partial charge in [0.15, 0.2) is 0 Å². The first-order valence-corrected chi connectivity index (χ1v) is 5.30. The SMILES string of the molecule is Cc1ccc(F)cc1-c1nc(Cl)cs1. The molecule has 1 aromatic heterocycles. The van der Waals surface area contributed by atoms with Gasteiger partial charge in [0.05, 0.1) is 0 Å². The summed E-state index contributed by atoms with van der Waals surface area (Å²) in [5.74, 6) is -0.253. The summed E-state index contributed by atoms with van der Waals surface area (Å²) in [7, 11) is 0. The highest BCUT2D eigenvalue weighted by atomic mass is 35.5. The Morgan fingerprint density at radius 2 is 2.21 bits per heavy atom. The van der Waals surface area contributed by atoms with Crippen LogP contribution in [0.1, 0.15) is 5.56 Å². The van der Waals surface area contributed by atoms with Crippen molar-refractivity contribution in [1.29, 1.82) is 0 Å². The Bertz CT molecular complexity index is 467. The molecule has 1 nitrogen and oxygen atoms in total. The molecule has 0 fully saturated rings. The molecular weight excluding hydrogens is 221 g/mol. The number of rotatable bonds is 1. The standard InChI is InChI=1S/C10H7ClFNS/c1-6-2-3-7(12)4-8(6)10-13-9(11)5-14-10/h2-5H,1H3. The Kier molecular flexibility index (Phi) is 2.52. The first-order valence-electron chi connectivity index (χ1n) is 4.04. The number of benzene rings is 1. The summed E-state index contributed by atoms with van der Waals surface area (Å²) in [6.07, 6.45) is 0. The fourth-order valence-electron chi connectivity index (χ4n) is 1.20. The molecule has 0 saturated heterocycles. The number of aryl methyl sites for hydroxylation is 1. The summed E-state index contributed by atoms with van der Waals surface area (Å²) in [6.45, 7) is 1.92. The molecule has 0 spiro atoms. The molecule has 0 N–H and O–H groups in total. The Balaban J connectivity index is 2.55. The van der Waals surface area contributed by atoms with E-state index >= 15 is 0 Å². The van der Waals surface area contributed by atoms with E-state index in [2.05, 4.69) is 4.98 Å². The van der Waals surface area contributed by atoms with Crippen molar-refractivity contribution >= 4 is 22.9 Å². The molecule has 0 bridgehead atoms. The molecule has 1 aromatic carbocycles. The molecule has 0 saturated carbocycles. The largest absolute Gasteiger partial charge is 0.224 e. The number of aromatic nitrogens is 1. The first kappa shape index (κ1) is 9.62. The molecule has 14 heavy (non-hydrogen) atoms. The summed E-state index contributed by atoms with van der Waals surface area (Å²) in [5.41, 5.74) is 1.80. The predicted molar refractivity (Wildman–Crippen MR) is 57.3 cm³/mol. The molecule has 0 aliphatic heterocycles. The zero-order valence-corrected chi connectivity index (χ0v) is 8.99. The average molecular weight is 228 g/mol. The molecule has 2 rings (SSSR count). The minimum Gasteiger partial charge on any atom is -0.224 e. The van der Waals surface area contributed by atoms with Crippen LogP contribution in [0, 0.1) is 12.7 Å². The molecule has 0 unspecified atom stereocenters. The highest BCUT2D eigenvalue weighted by molar-refractivity contribution is 7.13. The molecule has 2 aromatic rings. The molecule has 1 heterocycles. The first-order chi connectivity index (χ1) is 6.66. The Morgan fingerprint density at radius 1 is 1.43 bits per heavy atom. The fourth-order valence-corrected chi connectivity index (χ4v) is 2.23. The van der Waals surface area contributed by atoms with Crippen LogP contribution in [0.5, 0.6) is 0 Å². The van der Waals surface area contributed by atoms with Crippen LogP contribution < -0.4 is 0 Å². The van der Waals surface area contributed by atoms with E-state index in [0.29, 0.717) is 5.15 Å². The molecule has 4 heteroatoms. The van der Waals surface area contributed by atoms with E-state index in [-0.39, 0.29) is 5.82 Å². The van der Waals surface area contributed by atoms with Gasteiger partial charge in [-0.2, -0.15) is 0 Å². The topological polar surface area (TPSA) is 12.9 Å². The summed E-state index contributed by atoms with van der Waals surface area (Å²) in [5, 5.41) is 2.95. The van der Waals surface area contributed by atoms with Crippen molar-refractivity contribution < 1.29 is 4.39 Å². The minimum absolute atomic E-state index is 0.253. The highest BCUT2D eigenvalue weighted by Gasteiger charge is 2.07. The second-order valence-electron chi connectivity index (χ2n) is 2.93. The van der Waals surface area contributed by atoms with Crippen LogP contribution in [0.15, 0.2) is 23.6 Å². The second kappa shape index (κ2) is 3.67. The molecule has 0 aliphatic carbocycles. The van der Waals surface area contributed by atoms with Crippen molar-refractivity contribution in [3.63, 3.8) is 0 Å². The molecule has 0 amide bonds. The summed E-state index contributed by atoms with van der Waals surface area (Å²) >= 11 is 7.12. The van der Waals surface area contributed by atoms with E-state index in [1.54, 1.807) is 11.4 Å². The minimum atomic E-state index is -0.253. The third kappa shape index (κ3) is 1.79. The van der Waals surface area contributed by atoms with Gasteiger partial charge in [0.25, 0.3) is 0 Å². The number of thiazole rings is 1. The van der Waals surface area contributed by atoms with Crippen molar-refractivity contribution in [3.8, 4) is 10.6 Å². The molecule has 72 valence electrons. The van der Waals surface area contributed by atoms with Gasteiger partial charge in [-0.05, 0) is 24.6 Å². The Hall–Kier alpha value is -0.930. The van der Waals surface area contributed by atoms with Crippen LogP contribution in [0.4, 0.5) is 4.39 Å². The van der Waals surface area contributed by atoms with Crippen molar-refractivity contribution in [1.82, 2.24) is 4.98 Å². The van der Waals surface area contributed by atoms with Gasteiger partial charge in [0.2, 0.25) is 0 Å². The smallest absolute Gasteiger partial charge is 0.140 e. The van der Waals surface area contributed by atoms with Crippen LogP contribution in [0.2, 0.25) is 5.15 Å². The van der Waals surface area contributed by atoms with E-state index in [4.69, 9.17) is 11.6 Å². The lowest BCUT2D eigenvalue weighted by atomic mass is 10.1. The number of halogens is 2. The van der Waals surface area contributed by atoms with Gasteiger partial charge in [-0.15, -0.1) is 11.3 Å². The van der Waals surface area contributed by atoms with Gasteiger partial charge in [-0.1, -0.05) is 17.7 Å². The number of nitrogens with zero attached hydrogens (tertiary/aromatic N) is 1. The van der Waals surface area contributed by atoms with Crippen LogP contribution >= 0.6 is 22.9 Å². The van der Waals surface area contributed by atoms with Crippen LogP contribution in [0.3, 0.4) is 0 Å². The van der Waals surface area contributed by atoms with E-state index in [1.165, 1.54) is 23.5 Å². The van der Waals surface area contributed by atoms with E-state index in [1.807, 2.05) is 6.92 Å². The highest BCUT2D eigenvalue weighted by Crippen LogP contribution is 2.28. The number of hydrogen-bond acceptors (Lipinski definition) is 2. The zero-order chi connectivity index (χ0) is 10.1. The third-order valence-corrected chi connectivity index (χ3v) is 3.10. The van der Waals surface area contributed by atoms with Crippen LogP contribution in [-0.2, 0) is 0 Å². The third-order valence-electron chi connectivity index (χ3n) is 1.91. The van der Waals surface area contributed by atoms with Crippen molar-refractivity contribution in [2.45, 2.75) is 6.92 Å². The monoisotopic (exact) mass is 227 g/mol.